The van der Waals surface area contributed by atoms with E-state index in [1.807, 2.05) is 53.9 Å². The van der Waals surface area contributed by atoms with E-state index in [9.17, 15) is 9.18 Å². The third-order valence-corrected chi connectivity index (χ3v) is 4.83. The third-order valence-electron chi connectivity index (χ3n) is 4.07. The lowest BCUT2D eigenvalue weighted by Gasteiger charge is -2.09. The number of amides is 2. The molecule has 0 radical (unpaired) electrons. The topological polar surface area (TPSA) is 66.0 Å². The molecular formula is C22H17FN4OS. The number of halogens is 1. The molecule has 0 aliphatic carbocycles. The highest BCUT2D eigenvalue weighted by Crippen LogP contribution is 2.28. The maximum absolute atomic E-state index is 13.7. The van der Waals surface area contributed by atoms with Crippen molar-refractivity contribution < 1.29 is 9.18 Å². The number of para-hydroxylation sites is 2. The molecule has 0 bridgehead atoms. The van der Waals surface area contributed by atoms with Crippen molar-refractivity contribution in [1.29, 1.82) is 0 Å². The summed E-state index contributed by atoms with van der Waals surface area (Å²) in [5, 5.41) is 11.2. The van der Waals surface area contributed by atoms with Crippen molar-refractivity contribution in [2.75, 3.05) is 16.0 Å². The van der Waals surface area contributed by atoms with Gasteiger partial charge in [-0.1, -0.05) is 42.5 Å². The predicted octanol–water partition coefficient (Wildman–Crippen LogP) is 6.34. The molecule has 1 aromatic heterocycles. The molecule has 0 unspecified atom stereocenters. The van der Waals surface area contributed by atoms with Crippen molar-refractivity contribution in [3.63, 3.8) is 0 Å². The number of carbonyl (C=O) groups is 1. The summed E-state index contributed by atoms with van der Waals surface area (Å²) in [5.74, 6) is -0.489. The van der Waals surface area contributed by atoms with E-state index in [0.717, 1.165) is 22.1 Å². The smallest absolute Gasteiger partial charge is 0.323 e. The van der Waals surface area contributed by atoms with Crippen LogP contribution in [-0.4, -0.2) is 11.0 Å². The van der Waals surface area contributed by atoms with E-state index < -0.39 is 11.8 Å². The number of carbonyl (C=O) groups excluding carboxylic acids is 1. The van der Waals surface area contributed by atoms with Gasteiger partial charge in [-0.05, 0) is 36.4 Å². The normalized spacial score (nSPS) is 10.4. The Morgan fingerprint density at radius 2 is 1.62 bits per heavy atom. The van der Waals surface area contributed by atoms with Gasteiger partial charge >= 0.3 is 6.03 Å². The van der Waals surface area contributed by atoms with Crippen LogP contribution in [0, 0.1) is 5.82 Å². The van der Waals surface area contributed by atoms with Crippen molar-refractivity contribution in [2.24, 2.45) is 0 Å². The minimum absolute atomic E-state index is 0.122. The second-order valence-electron chi connectivity index (χ2n) is 6.17. The van der Waals surface area contributed by atoms with E-state index in [-0.39, 0.29) is 5.69 Å². The van der Waals surface area contributed by atoms with Crippen LogP contribution in [0.5, 0.6) is 0 Å². The van der Waals surface area contributed by atoms with Gasteiger partial charge in [0, 0.05) is 22.3 Å². The summed E-state index contributed by atoms with van der Waals surface area (Å²) in [6.07, 6.45) is 0. The molecule has 0 atom stereocenters. The highest BCUT2D eigenvalue weighted by molar-refractivity contribution is 7.14. The van der Waals surface area contributed by atoms with E-state index in [1.165, 1.54) is 23.5 Å². The number of nitrogens with one attached hydrogen (secondary N) is 3. The number of nitrogens with zero attached hydrogens (tertiary/aromatic N) is 1. The molecule has 4 rings (SSSR count). The number of anilines is 4. The summed E-state index contributed by atoms with van der Waals surface area (Å²) in [6.45, 7) is 0. The van der Waals surface area contributed by atoms with Gasteiger partial charge in [0.2, 0.25) is 0 Å². The van der Waals surface area contributed by atoms with Crippen LogP contribution < -0.4 is 16.0 Å². The maximum Gasteiger partial charge on any atom is 0.323 e. The quantitative estimate of drug-likeness (QED) is 0.364. The van der Waals surface area contributed by atoms with E-state index >= 15 is 0 Å². The van der Waals surface area contributed by atoms with Crippen molar-refractivity contribution in [2.45, 2.75) is 0 Å². The first-order valence-corrected chi connectivity index (χ1v) is 9.76. The molecule has 0 saturated heterocycles. The zero-order valence-electron chi connectivity index (χ0n) is 15.2. The van der Waals surface area contributed by atoms with Crippen LogP contribution in [0.25, 0.3) is 11.3 Å². The Hall–Kier alpha value is -3.71. The number of hydrogen-bond acceptors (Lipinski definition) is 4. The van der Waals surface area contributed by atoms with E-state index in [1.54, 1.807) is 18.2 Å². The molecule has 2 amide bonds. The minimum atomic E-state index is -0.517. The van der Waals surface area contributed by atoms with Gasteiger partial charge < -0.3 is 16.0 Å². The van der Waals surface area contributed by atoms with Crippen LogP contribution in [0.2, 0.25) is 0 Å². The van der Waals surface area contributed by atoms with Gasteiger partial charge in [-0.2, -0.15) is 0 Å². The number of aromatic nitrogens is 1. The number of urea groups is 1. The summed E-state index contributed by atoms with van der Waals surface area (Å²) < 4.78 is 13.7. The first-order valence-electron chi connectivity index (χ1n) is 8.88. The average molecular weight is 404 g/mol. The second kappa shape index (κ2) is 8.53. The van der Waals surface area contributed by atoms with Crippen LogP contribution in [0.15, 0.2) is 84.2 Å². The molecule has 0 aliphatic heterocycles. The van der Waals surface area contributed by atoms with Gasteiger partial charge in [0.15, 0.2) is 5.13 Å². The maximum atomic E-state index is 13.7. The molecular weight excluding hydrogens is 387 g/mol. The van der Waals surface area contributed by atoms with Crippen LogP contribution in [0.4, 0.5) is 31.4 Å². The van der Waals surface area contributed by atoms with Gasteiger partial charge in [-0.3, -0.25) is 0 Å². The molecule has 29 heavy (non-hydrogen) atoms. The lowest BCUT2D eigenvalue weighted by molar-refractivity contribution is 0.262. The first kappa shape index (κ1) is 18.6. The van der Waals surface area contributed by atoms with Gasteiger partial charge in [0.1, 0.15) is 5.82 Å². The Kier molecular flexibility index (Phi) is 5.49. The summed E-state index contributed by atoms with van der Waals surface area (Å²) in [5.41, 5.74) is 3.34. The number of rotatable bonds is 5. The highest BCUT2D eigenvalue weighted by atomic mass is 32.1. The number of hydrogen-bond donors (Lipinski definition) is 3. The molecule has 0 fully saturated rings. The first-order chi connectivity index (χ1) is 14.2. The Balaban J connectivity index is 1.45. The second-order valence-corrected chi connectivity index (χ2v) is 7.03. The fourth-order valence-corrected chi connectivity index (χ4v) is 3.45. The fourth-order valence-electron chi connectivity index (χ4n) is 2.71. The Bertz CT molecular complexity index is 1130. The van der Waals surface area contributed by atoms with Crippen LogP contribution >= 0.6 is 11.3 Å². The van der Waals surface area contributed by atoms with Crippen LogP contribution in [-0.2, 0) is 0 Å². The van der Waals surface area contributed by atoms with E-state index in [0.29, 0.717) is 5.69 Å². The third kappa shape index (κ3) is 4.77. The summed E-state index contributed by atoms with van der Waals surface area (Å²) in [7, 11) is 0. The number of benzene rings is 3. The van der Waals surface area contributed by atoms with Gasteiger partial charge in [-0.25, -0.2) is 14.2 Å². The fraction of sp³-hybridized carbons (Fsp3) is 0. The van der Waals surface area contributed by atoms with Crippen molar-refractivity contribution >= 4 is 39.6 Å². The molecule has 3 N–H and O–H groups in total. The summed E-state index contributed by atoms with van der Waals surface area (Å²) in [4.78, 5) is 16.8. The Morgan fingerprint density at radius 1 is 0.862 bits per heavy atom. The largest absolute Gasteiger partial charge is 0.332 e. The number of thiazole rings is 1. The summed E-state index contributed by atoms with van der Waals surface area (Å²) in [6, 6.07) is 22.6. The average Bonchev–Trinajstić information content (AvgIpc) is 3.19. The molecule has 144 valence electrons. The van der Waals surface area contributed by atoms with Gasteiger partial charge in [-0.15, -0.1) is 11.3 Å². The minimum Gasteiger partial charge on any atom is -0.332 e. The zero-order chi connectivity index (χ0) is 20.1. The molecule has 3 aromatic carbocycles. The molecule has 1 heterocycles. The van der Waals surface area contributed by atoms with Crippen molar-refractivity contribution in [3.8, 4) is 11.3 Å². The standard InChI is InChI=1S/C22H17FN4OS/c23-18-11-4-5-12-19(18)26-21(28)24-17-10-6-7-15(13-17)20-14-29-22(27-20)25-16-8-2-1-3-9-16/h1-14H,(H,25,27)(H2,24,26,28). The van der Waals surface area contributed by atoms with E-state index in [4.69, 9.17) is 0 Å². The van der Waals surface area contributed by atoms with Crippen molar-refractivity contribution in [1.82, 2.24) is 4.98 Å². The molecule has 7 heteroatoms. The molecule has 0 saturated carbocycles. The lowest BCUT2D eigenvalue weighted by Crippen LogP contribution is -2.20. The van der Waals surface area contributed by atoms with Gasteiger partial charge in [0.25, 0.3) is 0 Å². The zero-order valence-corrected chi connectivity index (χ0v) is 16.0. The summed E-state index contributed by atoms with van der Waals surface area (Å²) >= 11 is 1.50. The van der Waals surface area contributed by atoms with Gasteiger partial charge in [0.05, 0.1) is 11.4 Å². The SMILES string of the molecule is O=C(Nc1cccc(-c2csc(Nc3ccccc3)n2)c1)Nc1ccccc1F. The predicted molar refractivity (Wildman–Crippen MR) is 116 cm³/mol. The Morgan fingerprint density at radius 3 is 2.45 bits per heavy atom. The monoisotopic (exact) mass is 404 g/mol. The lowest BCUT2D eigenvalue weighted by atomic mass is 10.1. The highest BCUT2D eigenvalue weighted by Gasteiger charge is 2.09. The van der Waals surface area contributed by atoms with E-state index in [2.05, 4.69) is 20.9 Å². The van der Waals surface area contributed by atoms with Crippen LogP contribution in [0.1, 0.15) is 0 Å². The van der Waals surface area contributed by atoms with Crippen molar-refractivity contribution in [3.05, 3.63) is 90.1 Å². The van der Waals surface area contributed by atoms with Crippen LogP contribution in [0.3, 0.4) is 0 Å². The Labute approximate surface area is 171 Å². The molecule has 5 nitrogen and oxygen atoms in total. The molecule has 0 spiro atoms. The molecule has 0 aliphatic rings. The molecule has 4 aromatic rings.